The number of hydrogen-bond donors (Lipinski definition) is 5. The third-order valence-electron chi connectivity index (χ3n) is 12.3. The van der Waals surface area contributed by atoms with Crippen molar-refractivity contribution >= 4 is 45.8 Å². The lowest BCUT2D eigenvalue weighted by Gasteiger charge is -2.41. The highest BCUT2D eigenvalue weighted by atomic mass is 32.2. The van der Waals surface area contributed by atoms with Gasteiger partial charge in [-0.15, -0.1) is 0 Å². The number of halogens is 3. The van der Waals surface area contributed by atoms with Gasteiger partial charge in [0.05, 0.1) is 53.6 Å². The molecule has 5 N–H and O–H groups in total. The summed E-state index contributed by atoms with van der Waals surface area (Å²) < 4.78 is 76.2. The van der Waals surface area contributed by atoms with Gasteiger partial charge in [-0.25, -0.2) is 4.79 Å². The Labute approximate surface area is 399 Å². The van der Waals surface area contributed by atoms with Crippen LogP contribution in [-0.2, 0) is 50.0 Å². The molecule has 382 valence electrons. The second-order valence-electron chi connectivity index (χ2n) is 17.8. The predicted octanol–water partition coefficient (Wildman–Crippen LogP) is 5.61. The van der Waals surface area contributed by atoms with Crippen molar-refractivity contribution in [2.75, 3.05) is 34.9 Å². The van der Waals surface area contributed by atoms with Gasteiger partial charge in [0, 0.05) is 27.8 Å². The normalized spacial score (nSPS) is 17.8. The molecule has 1 heterocycles. The number of amides is 4. The molecule has 1 aliphatic rings. The van der Waals surface area contributed by atoms with Gasteiger partial charge >= 0.3 is 12.1 Å². The molecule has 0 aromatic heterocycles. The van der Waals surface area contributed by atoms with Gasteiger partial charge in [0.2, 0.25) is 23.6 Å². The number of carbonyl (C=O) groups excluding carboxylic acids is 4. The quantitative estimate of drug-likeness (QED) is 0.0858. The average Bonchev–Trinajstić information content (AvgIpc) is 3.76. The summed E-state index contributed by atoms with van der Waals surface area (Å²) in [4.78, 5) is 68.0. The van der Waals surface area contributed by atoms with Gasteiger partial charge in [-0.2, -0.15) is 21.6 Å². The first-order chi connectivity index (χ1) is 31.7. The summed E-state index contributed by atoms with van der Waals surface area (Å²) >= 11 is 0. The molecule has 16 nitrogen and oxygen atoms in total. The van der Waals surface area contributed by atoms with Crippen LogP contribution in [0.15, 0.2) is 65.6 Å². The van der Waals surface area contributed by atoms with E-state index in [1.807, 2.05) is 78.0 Å². The molecule has 1 saturated heterocycles. The fourth-order valence-electron chi connectivity index (χ4n) is 8.38. The Kier molecular flexibility index (Phi) is 23.8. The number of aliphatic carboxylic acids is 1. The smallest absolute Gasteiger partial charge is 0.475 e. The maximum absolute atomic E-state index is 14.3. The van der Waals surface area contributed by atoms with Crippen molar-refractivity contribution in [3.63, 3.8) is 0 Å². The van der Waals surface area contributed by atoms with Gasteiger partial charge in [0.1, 0.15) is 6.04 Å². The van der Waals surface area contributed by atoms with Crippen molar-refractivity contribution in [3.05, 3.63) is 71.8 Å². The molecule has 0 saturated carbocycles. The largest absolute Gasteiger partial charge is 0.490 e. The molecule has 0 aliphatic carbocycles. The van der Waals surface area contributed by atoms with E-state index in [1.54, 1.807) is 63.2 Å². The minimum absolute atomic E-state index is 0.000318. The predicted molar refractivity (Wildman–Crippen MR) is 252 cm³/mol. The van der Waals surface area contributed by atoms with E-state index >= 15 is 0 Å². The molecular weight excluding hydrogens is 912 g/mol. The van der Waals surface area contributed by atoms with Crippen LogP contribution in [0.4, 0.5) is 13.2 Å². The van der Waals surface area contributed by atoms with Crippen LogP contribution in [0, 0.1) is 23.7 Å². The van der Waals surface area contributed by atoms with Crippen molar-refractivity contribution < 1.29 is 64.7 Å². The monoisotopic (exact) mass is 983 g/mol. The first kappa shape index (κ1) is 59.2. The summed E-state index contributed by atoms with van der Waals surface area (Å²) in [5, 5.41) is 16.3. The van der Waals surface area contributed by atoms with Crippen molar-refractivity contribution in [2.45, 2.75) is 134 Å². The Balaban J connectivity index is 0.00000209. The standard InChI is InChI=1S/C46H71N5O9S.C2HF3O2/c1-12-31(6)42(50(9)46(55)41(30(4)5)49-45(54)40(47-8)29(2)3)38(59-10)28-39(52)51-26-16-19-37(51)43(60-11)32(7)44(53)48-35(27-34-17-14-13-15-18-34)23-20-33-21-24-36(25-22-33)61(56,57)58;3-2(4,5)1(6)7/h13-15,17-18,20-25,29-32,35,37-38,40-43,47H,12,16,19,26-28H2,1-11H3,(H,48,53)(H,49,54)(H,56,57,58);(H,6,7)/b23-20+;/t31-,32+,35+,37-,38+,40-,41-,42-,43+;/m0./s1. The van der Waals surface area contributed by atoms with Crippen LogP contribution in [0.1, 0.15) is 85.3 Å². The van der Waals surface area contributed by atoms with Gasteiger partial charge < -0.3 is 40.3 Å². The van der Waals surface area contributed by atoms with E-state index in [2.05, 4.69) is 16.0 Å². The number of likely N-dealkylation sites (N-methyl/N-ethyl adjacent to an activating group) is 2. The molecule has 0 bridgehead atoms. The number of methoxy groups -OCH3 is 2. The molecule has 1 fully saturated rings. The van der Waals surface area contributed by atoms with Crippen LogP contribution in [0.25, 0.3) is 6.08 Å². The summed E-state index contributed by atoms with van der Waals surface area (Å²) in [5.41, 5.74) is 1.68. The SMILES string of the molecule is CC[C@H](C)[C@@H]([C@@H](CC(=O)N1CCC[C@H]1[C@H](OC)[C@@H](C)C(=O)N[C@H](/C=C/c1ccc(S(=O)(=O)O)cc1)Cc1ccccc1)OC)N(C)C(=O)[C@@H](NC(=O)[C@@H](NC)C(C)C)C(C)C.O=C(O)C(F)(F)F. The minimum atomic E-state index is -5.08. The zero-order valence-electron chi connectivity index (χ0n) is 40.9. The molecule has 3 rings (SSSR count). The number of hydrogen-bond acceptors (Lipinski definition) is 10. The summed E-state index contributed by atoms with van der Waals surface area (Å²) in [6.07, 6.45) is -0.171. The van der Waals surface area contributed by atoms with Crippen molar-refractivity contribution in [2.24, 2.45) is 23.7 Å². The minimum Gasteiger partial charge on any atom is -0.475 e. The van der Waals surface area contributed by atoms with E-state index in [4.69, 9.17) is 19.4 Å². The second kappa shape index (κ2) is 27.3. The molecule has 2 aromatic rings. The first-order valence-electron chi connectivity index (χ1n) is 22.7. The fraction of sp³-hybridized carbons (Fsp3) is 0.604. The van der Waals surface area contributed by atoms with Crippen molar-refractivity contribution in [1.29, 1.82) is 0 Å². The van der Waals surface area contributed by atoms with Crippen LogP contribution in [-0.4, -0.2) is 141 Å². The molecule has 2 aromatic carbocycles. The third-order valence-corrected chi connectivity index (χ3v) is 13.2. The number of likely N-dealkylation sites (tertiary alicyclic amines) is 1. The number of carbonyl (C=O) groups is 5. The lowest BCUT2D eigenvalue weighted by atomic mass is 9.89. The van der Waals surface area contributed by atoms with E-state index in [-0.39, 0.29) is 58.7 Å². The number of benzene rings is 2. The van der Waals surface area contributed by atoms with Gasteiger partial charge in [-0.05, 0) is 67.3 Å². The van der Waals surface area contributed by atoms with E-state index in [9.17, 15) is 45.3 Å². The number of carboxylic acid groups (broad SMARTS) is 1. The lowest BCUT2D eigenvalue weighted by Crippen LogP contribution is -2.59. The van der Waals surface area contributed by atoms with E-state index in [0.717, 1.165) is 18.4 Å². The van der Waals surface area contributed by atoms with Crippen LogP contribution < -0.4 is 16.0 Å². The average molecular weight is 984 g/mol. The number of rotatable bonds is 23. The van der Waals surface area contributed by atoms with E-state index < -0.39 is 64.6 Å². The molecule has 0 spiro atoms. The summed E-state index contributed by atoms with van der Waals surface area (Å²) in [7, 11) is 2.21. The highest BCUT2D eigenvalue weighted by Gasteiger charge is 2.43. The Morgan fingerprint density at radius 1 is 0.897 bits per heavy atom. The topological polar surface area (TPSA) is 221 Å². The van der Waals surface area contributed by atoms with E-state index in [0.29, 0.717) is 24.9 Å². The van der Waals surface area contributed by atoms with Gasteiger partial charge in [-0.1, -0.05) is 110 Å². The maximum atomic E-state index is 14.3. The van der Waals surface area contributed by atoms with Gasteiger partial charge in [-0.3, -0.25) is 23.7 Å². The second-order valence-corrected chi connectivity index (χ2v) is 19.3. The van der Waals surface area contributed by atoms with Crippen LogP contribution in [0.3, 0.4) is 0 Å². The fourth-order valence-corrected chi connectivity index (χ4v) is 8.86. The van der Waals surface area contributed by atoms with Crippen LogP contribution in [0.2, 0.25) is 0 Å². The van der Waals surface area contributed by atoms with Crippen LogP contribution >= 0.6 is 0 Å². The lowest BCUT2D eigenvalue weighted by molar-refractivity contribution is -0.192. The summed E-state index contributed by atoms with van der Waals surface area (Å²) in [6, 6.07) is 12.9. The number of nitrogens with zero attached hydrogens (tertiary/aromatic N) is 2. The Morgan fingerprint density at radius 3 is 1.94 bits per heavy atom. The molecule has 68 heavy (non-hydrogen) atoms. The van der Waals surface area contributed by atoms with Gasteiger partial charge in [0.25, 0.3) is 10.1 Å². The van der Waals surface area contributed by atoms with Crippen LogP contribution in [0.5, 0.6) is 0 Å². The summed E-state index contributed by atoms with van der Waals surface area (Å²) in [6.45, 7) is 14.0. The Morgan fingerprint density at radius 2 is 1.47 bits per heavy atom. The third kappa shape index (κ3) is 17.6. The molecule has 0 radical (unpaired) electrons. The molecule has 4 amide bonds. The molecule has 1 aliphatic heterocycles. The van der Waals surface area contributed by atoms with Crippen molar-refractivity contribution in [1.82, 2.24) is 25.8 Å². The Bertz CT molecular complexity index is 2070. The number of nitrogens with one attached hydrogen (secondary N) is 3. The summed E-state index contributed by atoms with van der Waals surface area (Å²) in [5.74, 6) is -4.56. The highest BCUT2D eigenvalue weighted by Crippen LogP contribution is 2.30. The zero-order chi connectivity index (χ0) is 51.7. The molecular formula is C48H72F3N5O11S. The molecule has 20 heteroatoms. The number of carboxylic acids is 1. The van der Waals surface area contributed by atoms with Gasteiger partial charge in [0.15, 0.2) is 0 Å². The zero-order valence-corrected chi connectivity index (χ0v) is 41.8. The van der Waals surface area contributed by atoms with Crippen molar-refractivity contribution in [3.8, 4) is 0 Å². The molecule has 0 unspecified atom stereocenters. The molecule has 9 atom stereocenters. The number of alkyl halides is 3. The number of ether oxygens (including phenoxy) is 2. The maximum Gasteiger partial charge on any atom is 0.490 e. The highest BCUT2D eigenvalue weighted by molar-refractivity contribution is 7.85. The van der Waals surface area contributed by atoms with E-state index in [1.165, 1.54) is 12.1 Å². The Hall–Kier alpha value is -4.89. The first-order valence-corrected chi connectivity index (χ1v) is 24.2.